The Hall–Kier alpha value is -6.78. The summed E-state index contributed by atoms with van der Waals surface area (Å²) in [6, 6.07) is 57.4. The van der Waals surface area contributed by atoms with E-state index in [2.05, 4.69) is 256 Å². The molecule has 4 heteroatoms. The van der Waals surface area contributed by atoms with E-state index in [0.29, 0.717) is 0 Å². The average Bonchev–Trinajstić information content (AvgIpc) is 3.95. The van der Waals surface area contributed by atoms with Gasteiger partial charge in [-0.1, -0.05) is 181 Å². The van der Waals surface area contributed by atoms with Gasteiger partial charge in [0.15, 0.2) is 0 Å². The molecule has 0 saturated carbocycles. The maximum atomic E-state index is 2.64. The molecule has 3 aromatic heterocycles. The number of benzene rings is 8. The highest BCUT2D eigenvalue weighted by molar-refractivity contribution is 6.99. The molecule has 0 amide bonds. The SMILES string of the molecule is CC(C)(C)c1ccc(-n2c3ccccc3c3c2ccc2c4cc5c(cc4n(-c4ccc(C(C)(C)C)cc4)c23)C(C)(C)c2cccc3c2B5c2cc(C(C)(C)C)cc4c5cc(C(C)(C)C)ccc5n-3c24)cc1. The smallest absolute Gasteiger partial charge is 0.247 e. The van der Waals surface area contributed by atoms with Gasteiger partial charge in [-0.15, -0.1) is 0 Å². The average molecular weight is 924 g/mol. The van der Waals surface area contributed by atoms with Crippen LogP contribution in [0.4, 0.5) is 0 Å². The highest BCUT2D eigenvalue weighted by atomic mass is 15.0. The second-order valence-electron chi connectivity index (χ2n) is 25.9. The largest absolute Gasteiger partial charge is 0.310 e. The quantitative estimate of drug-likeness (QED) is 0.154. The van der Waals surface area contributed by atoms with E-state index in [1.54, 1.807) is 0 Å². The molecule has 8 aromatic carbocycles. The number of hydrogen-bond donors (Lipinski definition) is 0. The molecule has 0 N–H and O–H groups in total. The highest BCUT2D eigenvalue weighted by Gasteiger charge is 2.46. The molecule has 0 aliphatic carbocycles. The summed E-state index contributed by atoms with van der Waals surface area (Å²) in [6.45, 7) is 33.0. The molecular formula is C67H66BN3. The van der Waals surface area contributed by atoms with Crippen LogP contribution < -0.4 is 16.4 Å². The number of hydrogen-bond acceptors (Lipinski definition) is 0. The van der Waals surface area contributed by atoms with Crippen LogP contribution in [-0.2, 0) is 27.1 Å². The summed E-state index contributed by atoms with van der Waals surface area (Å²) in [6.07, 6.45) is 0. The van der Waals surface area contributed by atoms with Crippen molar-refractivity contribution in [3.63, 3.8) is 0 Å². The van der Waals surface area contributed by atoms with Gasteiger partial charge in [-0.2, -0.15) is 0 Å². The van der Waals surface area contributed by atoms with Crippen molar-refractivity contribution in [3.05, 3.63) is 179 Å². The van der Waals surface area contributed by atoms with E-state index < -0.39 is 0 Å². The molecule has 71 heavy (non-hydrogen) atoms. The predicted octanol–water partition coefficient (Wildman–Crippen LogP) is 15.6. The summed E-state index contributed by atoms with van der Waals surface area (Å²) >= 11 is 0. The molecule has 0 spiro atoms. The van der Waals surface area contributed by atoms with Gasteiger partial charge < -0.3 is 13.7 Å². The summed E-state index contributed by atoms with van der Waals surface area (Å²) in [5.74, 6) is 0. The fourth-order valence-electron chi connectivity index (χ4n) is 12.9. The van der Waals surface area contributed by atoms with E-state index in [1.807, 2.05) is 0 Å². The Morgan fingerprint density at radius 3 is 1.58 bits per heavy atom. The molecule has 0 fully saturated rings. The van der Waals surface area contributed by atoms with Crippen LogP contribution in [0.1, 0.15) is 130 Å². The van der Waals surface area contributed by atoms with Crippen molar-refractivity contribution in [1.82, 2.24) is 13.7 Å². The number of fused-ring (bicyclic) bond motifs is 14. The van der Waals surface area contributed by atoms with Gasteiger partial charge in [0.05, 0.1) is 27.6 Å². The molecular weight excluding hydrogens is 858 g/mol. The van der Waals surface area contributed by atoms with Crippen molar-refractivity contribution in [2.75, 3.05) is 0 Å². The molecule has 2 aliphatic heterocycles. The Balaban J connectivity index is 1.17. The third-order valence-electron chi connectivity index (χ3n) is 16.9. The fraction of sp³-hybridized carbons (Fsp3) is 0.284. The van der Waals surface area contributed by atoms with Crippen LogP contribution in [-0.4, -0.2) is 20.4 Å². The third-order valence-corrected chi connectivity index (χ3v) is 16.9. The van der Waals surface area contributed by atoms with E-state index in [0.717, 1.165) is 0 Å². The lowest BCUT2D eigenvalue weighted by Gasteiger charge is -2.42. The van der Waals surface area contributed by atoms with Crippen LogP contribution in [0.5, 0.6) is 0 Å². The Morgan fingerprint density at radius 1 is 0.366 bits per heavy atom. The normalized spacial score (nSPS) is 14.7. The maximum absolute atomic E-state index is 2.64. The van der Waals surface area contributed by atoms with Gasteiger partial charge in [0.2, 0.25) is 6.71 Å². The van der Waals surface area contributed by atoms with Crippen LogP contribution in [0.2, 0.25) is 0 Å². The summed E-state index contributed by atoms with van der Waals surface area (Å²) in [5, 5.41) is 7.84. The Morgan fingerprint density at radius 2 is 0.930 bits per heavy atom. The highest BCUT2D eigenvalue weighted by Crippen LogP contribution is 2.47. The molecule has 0 atom stereocenters. The van der Waals surface area contributed by atoms with Crippen molar-refractivity contribution >= 4 is 88.5 Å². The minimum atomic E-state index is -0.284. The number of nitrogens with zero attached hydrogens (tertiary/aromatic N) is 3. The van der Waals surface area contributed by atoms with Crippen LogP contribution >= 0.6 is 0 Å². The molecule has 352 valence electrons. The van der Waals surface area contributed by atoms with Crippen LogP contribution in [0.15, 0.2) is 146 Å². The summed E-state index contributed by atoms with van der Waals surface area (Å²) in [4.78, 5) is 0. The molecule has 5 heterocycles. The Bertz CT molecular complexity index is 4080. The van der Waals surface area contributed by atoms with Crippen molar-refractivity contribution < 1.29 is 0 Å². The second kappa shape index (κ2) is 14.2. The van der Waals surface area contributed by atoms with Crippen molar-refractivity contribution in [2.24, 2.45) is 0 Å². The molecule has 11 aromatic rings. The maximum Gasteiger partial charge on any atom is 0.247 e. The predicted molar refractivity (Wildman–Crippen MR) is 307 cm³/mol. The number of para-hydroxylation sites is 1. The first-order valence-electron chi connectivity index (χ1n) is 26.1. The second-order valence-corrected chi connectivity index (χ2v) is 25.9. The summed E-state index contributed by atoms with van der Waals surface area (Å²) in [5.41, 5.74) is 23.6. The van der Waals surface area contributed by atoms with Crippen molar-refractivity contribution in [1.29, 1.82) is 0 Å². The van der Waals surface area contributed by atoms with Gasteiger partial charge in [0.25, 0.3) is 0 Å². The first-order valence-corrected chi connectivity index (χ1v) is 26.1. The fourth-order valence-corrected chi connectivity index (χ4v) is 12.9. The molecule has 3 nitrogen and oxygen atoms in total. The minimum absolute atomic E-state index is 0.0319. The van der Waals surface area contributed by atoms with Gasteiger partial charge in [0.1, 0.15) is 0 Å². The van der Waals surface area contributed by atoms with Gasteiger partial charge in [-0.05, 0) is 133 Å². The van der Waals surface area contributed by atoms with Gasteiger partial charge in [0, 0.05) is 60.3 Å². The Kier molecular flexibility index (Phi) is 8.85. The van der Waals surface area contributed by atoms with Crippen LogP contribution in [0, 0.1) is 0 Å². The standard InChI is InChI=1S/C67H66BN3/c1-63(2,3)39-22-27-43(28-23-39)69-54-20-16-15-18-46(54)59-56(69)33-31-45-48-37-52-51(38-58(48)70(62(45)59)44-29-24-40(25-30-44)64(4,5)6)67(13,14)50-19-17-21-57-60(50)68(52)53-36-42(66(10,11)12)35-49-47-34-41(65(7,8)9)26-32-55(47)71(57)61(49)53/h15-38H,1-14H3. The zero-order chi connectivity index (χ0) is 49.6. The van der Waals surface area contributed by atoms with Gasteiger partial charge in [-0.25, -0.2) is 0 Å². The molecule has 0 saturated heterocycles. The van der Waals surface area contributed by atoms with Crippen molar-refractivity contribution in [3.8, 4) is 17.1 Å². The van der Waals surface area contributed by atoms with Gasteiger partial charge in [-0.3, -0.25) is 0 Å². The molecule has 0 radical (unpaired) electrons. The van der Waals surface area contributed by atoms with Crippen LogP contribution in [0.25, 0.3) is 82.5 Å². The van der Waals surface area contributed by atoms with E-state index in [4.69, 9.17) is 0 Å². The zero-order valence-corrected chi connectivity index (χ0v) is 44.3. The van der Waals surface area contributed by atoms with Crippen LogP contribution in [0.3, 0.4) is 0 Å². The van der Waals surface area contributed by atoms with E-state index in [-0.39, 0.29) is 33.8 Å². The molecule has 0 unspecified atom stereocenters. The molecule has 2 aliphatic rings. The Labute approximate surface area is 420 Å². The molecule has 0 bridgehead atoms. The zero-order valence-electron chi connectivity index (χ0n) is 44.3. The van der Waals surface area contributed by atoms with Gasteiger partial charge >= 0.3 is 0 Å². The van der Waals surface area contributed by atoms with E-state index in [1.165, 1.54) is 132 Å². The molecule has 13 rings (SSSR count). The lowest BCUT2D eigenvalue weighted by atomic mass is 9.30. The van der Waals surface area contributed by atoms with E-state index in [9.17, 15) is 0 Å². The summed E-state index contributed by atoms with van der Waals surface area (Å²) < 4.78 is 7.74. The summed E-state index contributed by atoms with van der Waals surface area (Å²) in [7, 11) is 0. The lowest BCUT2D eigenvalue weighted by Crippen LogP contribution is -2.63. The monoisotopic (exact) mass is 924 g/mol. The van der Waals surface area contributed by atoms with E-state index >= 15 is 0 Å². The minimum Gasteiger partial charge on any atom is -0.310 e. The topological polar surface area (TPSA) is 14.8 Å². The van der Waals surface area contributed by atoms with Crippen molar-refractivity contribution in [2.45, 2.75) is 124 Å². The first kappa shape index (κ1) is 44.2. The number of rotatable bonds is 2. The first-order chi connectivity index (χ1) is 33.5. The lowest BCUT2D eigenvalue weighted by molar-refractivity contribution is 0.590. The number of aromatic nitrogens is 3. The third kappa shape index (κ3) is 6.16.